The molecule has 2 rings (SSSR count). The molecule has 1 aromatic rings. The standard InChI is InChI=1S/C14H17NO4/c16-13(17)11-6-7-12(8-11)15-14(18)19-9-10-4-2-1-3-5-10/h1-5,11-12H,6-9H2,(H,15,18)(H,16,17). The SMILES string of the molecule is O=C(NC1CCC(C(=O)O)C1)OCc1ccccc1. The molecule has 0 bridgehead atoms. The second-order valence-electron chi connectivity index (χ2n) is 4.75. The van der Waals surface area contributed by atoms with Crippen LogP contribution in [0.15, 0.2) is 30.3 Å². The van der Waals surface area contributed by atoms with Gasteiger partial charge in [-0.2, -0.15) is 0 Å². The molecule has 0 radical (unpaired) electrons. The molecule has 5 nitrogen and oxygen atoms in total. The summed E-state index contributed by atoms with van der Waals surface area (Å²) in [5.74, 6) is -1.14. The maximum Gasteiger partial charge on any atom is 0.407 e. The van der Waals surface area contributed by atoms with E-state index < -0.39 is 12.1 Å². The summed E-state index contributed by atoms with van der Waals surface area (Å²) in [5.41, 5.74) is 0.924. The van der Waals surface area contributed by atoms with E-state index in [9.17, 15) is 9.59 Å². The summed E-state index contributed by atoms with van der Waals surface area (Å²) < 4.78 is 5.09. The van der Waals surface area contributed by atoms with Gasteiger partial charge in [0.15, 0.2) is 0 Å². The van der Waals surface area contributed by atoms with E-state index in [1.807, 2.05) is 30.3 Å². The molecule has 0 saturated heterocycles. The quantitative estimate of drug-likeness (QED) is 0.872. The summed E-state index contributed by atoms with van der Waals surface area (Å²) in [6.07, 6.45) is 1.30. The average Bonchev–Trinajstić information content (AvgIpc) is 2.86. The van der Waals surface area contributed by atoms with Crippen molar-refractivity contribution in [2.45, 2.75) is 31.9 Å². The molecule has 2 unspecified atom stereocenters. The lowest BCUT2D eigenvalue weighted by Crippen LogP contribution is -2.33. The van der Waals surface area contributed by atoms with Gasteiger partial charge in [-0.05, 0) is 24.8 Å². The molecule has 1 saturated carbocycles. The molecule has 0 heterocycles. The van der Waals surface area contributed by atoms with Crippen LogP contribution in [-0.4, -0.2) is 23.2 Å². The lowest BCUT2D eigenvalue weighted by molar-refractivity contribution is -0.141. The Morgan fingerprint density at radius 3 is 2.63 bits per heavy atom. The number of rotatable bonds is 4. The van der Waals surface area contributed by atoms with Crippen LogP contribution in [0.2, 0.25) is 0 Å². The van der Waals surface area contributed by atoms with Crippen LogP contribution in [0.5, 0.6) is 0 Å². The molecule has 1 aliphatic rings. The van der Waals surface area contributed by atoms with E-state index in [4.69, 9.17) is 9.84 Å². The van der Waals surface area contributed by atoms with Gasteiger partial charge < -0.3 is 15.2 Å². The summed E-state index contributed by atoms with van der Waals surface area (Å²) in [5, 5.41) is 11.6. The number of hydrogen-bond donors (Lipinski definition) is 2. The average molecular weight is 263 g/mol. The van der Waals surface area contributed by atoms with Crippen molar-refractivity contribution in [3.8, 4) is 0 Å². The highest BCUT2D eigenvalue weighted by atomic mass is 16.5. The molecule has 1 fully saturated rings. The van der Waals surface area contributed by atoms with Crippen molar-refractivity contribution in [2.75, 3.05) is 0 Å². The van der Waals surface area contributed by atoms with Crippen molar-refractivity contribution in [2.24, 2.45) is 5.92 Å². The van der Waals surface area contributed by atoms with E-state index in [0.717, 1.165) is 5.56 Å². The number of carbonyl (C=O) groups excluding carboxylic acids is 1. The number of amides is 1. The van der Waals surface area contributed by atoms with Crippen LogP contribution in [0.3, 0.4) is 0 Å². The summed E-state index contributed by atoms with van der Waals surface area (Å²) in [6, 6.07) is 9.32. The van der Waals surface area contributed by atoms with Crippen molar-refractivity contribution < 1.29 is 19.4 Å². The van der Waals surface area contributed by atoms with Gasteiger partial charge in [-0.15, -0.1) is 0 Å². The predicted octanol–water partition coefficient (Wildman–Crippen LogP) is 2.17. The third-order valence-electron chi connectivity index (χ3n) is 3.32. The number of carbonyl (C=O) groups is 2. The Kier molecular flexibility index (Phi) is 4.39. The number of carboxylic acids is 1. The smallest absolute Gasteiger partial charge is 0.407 e. The largest absolute Gasteiger partial charge is 0.481 e. The van der Waals surface area contributed by atoms with E-state index >= 15 is 0 Å². The number of alkyl carbamates (subject to hydrolysis) is 1. The Labute approximate surface area is 111 Å². The topological polar surface area (TPSA) is 75.6 Å². The number of benzene rings is 1. The maximum absolute atomic E-state index is 11.6. The first kappa shape index (κ1) is 13.4. The summed E-state index contributed by atoms with van der Waals surface area (Å²) in [4.78, 5) is 22.4. The van der Waals surface area contributed by atoms with E-state index in [2.05, 4.69) is 5.32 Å². The zero-order chi connectivity index (χ0) is 13.7. The first-order valence-corrected chi connectivity index (χ1v) is 6.35. The van der Waals surface area contributed by atoms with Gasteiger partial charge in [-0.3, -0.25) is 4.79 Å². The van der Waals surface area contributed by atoms with Gasteiger partial charge in [-0.1, -0.05) is 30.3 Å². The Hall–Kier alpha value is -2.04. The van der Waals surface area contributed by atoms with E-state index in [-0.39, 0.29) is 18.6 Å². The minimum atomic E-state index is -0.790. The van der Waals surface area contributed by atoms with Gasteiger partial charge in [-0.25, -0.2) is 4.79 Å². The second kappa shape index (κ2) is 6.22. The van der Waals surface area contributed by atoms with Gasteiger partial charge in [0.2, 0.25) is 0 Å². The third-order valence-corrected chi connectivity index (χ3v) is 3.32. The van der Waals surface area contributed by atoms with Gasteiger partial charge in [0.25, 0.3) is 0 Å². The Balaban J connectivity index is 1.72. The Bertz CT molecular complexity index is 446. The van der Waals surface area contributed by atoms with Crippen molar-refractivity contribution in [3.05, 3.63) is 35.9 Å². The van der Waals surface area contributed by atoms with Gasteiger partial charge >= 0.3 is 12.1 Å². The first-order valence-electron chi connectivity index (χ1n) is 6.35. The van der Waals surface area contributed by atoms with Crippen LogP contribution >= 0.6 is 0 Å². The van der Waals surface area contributed by atoms with Gasteiger partial charge in [0, 0.05) is 6.04 Å². The third kappa shape index (κ3) is 3.98. The molecule has 1 amide bonds. The zero-order valence-electron chi connectivity index (χ0n) is 10.5. The fourth-order valence-electron chi connectivity index (χ4n) is 2.27. The molecule has 0 spiro atoms. The van der Waals surface area contributed by atoms with Gasteiger partial charge in [0.1, 0.15) is 6.61 Å². The minimum Gasteiger partial charge on any atom is -0.481 e. The normalized spacial score (nSPS) is 21.9. The molecule has 102 valence electrons. The molecular weight excluding hydrogens is 246 g/mol. The lowest BCUT2D eigenvalue weighted by Gasteiger charge is -2.12. The van der Waals surface area contributed by atoms with E-state index in [1.165, 1.54) is 0 Å². The minimum absolute atomic E-state index is 0.0932. The van der Waals surface area contributed by atoms with Crippen molar-refractivity contribution in [3.63, 3.8) is 0 Å². The fraction of sp³-hybridized carbons (Fsp3) is 0.429. The molecule has 2 atom stereocenters. The summed E-state index contributed by atoms with van der Waals surface area (Å²) >= 11 is 0. The molecular formula is C14H17NO4. The monoisotopic (exact) mass is 263 g/mol. The van der Waals surface area contributed by atoms with Crippen LogP contribution in [0, 0.1) is 5.92 Å². The Morgan fingerprint density at radius 2 is 2.00 bits per heavy atom. The number of aliphatic carboxylic acids is 1. The van der Waals surface area contributed by atoms with Crippen molar-refractivity contribution in [1.82, 2.24) is 5.32 Å². The van der Waals surface area contributed by atoms with Crippen molar-refractivity contribution in [1.29, 1.82) is 0 Å². The number of nitrogens with one attached hydrogen (secondary N) is 1. The highest BCUT2D eigenvalue weighted by Crippen LogP contribution is 2.25. The summed E-state index contributed by atoms with van der Waals surface area (Å²) in [7, 11) is 0. The first-order chi connectivity index (χ1) is 9.15. The summed E-state index contributed by atoms with van der Waals surface area (Å²) in [6.45, 7) is 0.224. The van der Waals surface area contributed by atoms with Crippen LogP contribution in [0.25, 0.3) is 0 Å². The maximum atomic E-state index is 11.6. The highest BCUT2D eigenvalue weighted by molar-refractivity contribution is 5.71. The number of ether oxygens (including phenoxy) is 1. The fourth-order valence-corrected chi connectivity index (χ4v) is 2.27. The molecule has 0 aliphatic heterocycles. The molecule has 19 heavy (non-hydrogen) atoms. The number of hydrogen-bond acceptors (Lipinski definition) is 3. The highest BCUT2D eigenvalue weighted by Gasteiger charge is 2.30. The molecule has 0 aromatic heterocycles. The van der Waals surface area contributed by atoms with E-state index in [1.54, 1.807) is 0 Å². The lowest BCUT2D eigenvalue weighted by atomic mass is 10.1. The Morgan fingerprint density at radius 1 is 1.26 bits per heavy atom. The van der Waals surface area contributed by atoms with Crippen LogP contribution in [0.1, 0.15) is 24.8 Å². The van der Waals surface area contributed by atoms with Crippen LogP contribution in [-0.2, 0) is 16.1 Å². The predicted molar refractivity (Wildman–Crippen MR) is 68.5 cm³/mol. The second-order valence-corrected chi connectivity index (χ2v) is 4.75. The van der Waals surface area contributed by atoms with E-state index in [0.29, 0.717) is 19.3 Å². The molecule has 1 aromatic carbocycles. The van der Waals surface area contributed by atoms with Crippen LogP contribution < -0.4 is 5.32 Å². The molecule has 5 heteroatoms. The van der Waals surface area contributed by atoms with Gasteiger partial charge in [0.05, 0.1) is 5.92 Å². The van der Waals surface area contributed by atoms with Crippen LogP contribution in [0.4, 0.5) is 4.79 Å². The molecule has 2 N–H and O–H groups in total. The zero-order valence-corrected chi connectivity index (χ0v) is 10.5. The number of carboxylic acid groups (broad SMARTS) is 1. The van der Waals surface area contributed by atoms with Crippen molar-refractivity contribution >= 4 is 12.1 Å². The molecule has 1 aliphatic carbocycles.